The van der Waals surface area contributed by atoms with Crippen molar-refractivity contribution < 1.29 is 19.2 Å². The van der Waals surface area contributed by atoms with Crippen LogP contribution in [-0.4, -0.2) is 39.3 Å². The van der Waals surface area contributed by atoms with Crippen LogP contribution in [0, 0.1) is 10.1 Å². The van der Waals surface area contributed by atoms with Crippen LogP contribution in [0.4, 0.5) is 11.4 Å². The Morgan fingerprint density at radius 2 is 2.03 bits per heavy atom. The van der Waals surface area contributed by atoms with Gasteiger partial charge in [0.25, 0.3) is 11.6 Å². The molecule has 10 nitrogen and oxygen atoms in total. The number of amides is 1. The van der Waals surface area contributed by atoms with Crippen LogP contribution in [0.25, 0.3) is 11.0 Å². The molecule has 0 aliphatic rings. The van der Waals surface area contributed by atoms with Crippen molar-refractivity contribution in [2.75, 3.05) is 19.0 Å². The summed E-state index contributed by atoms with van der Waals surface area (Å²) in [5, 5.41) is 19.1. The number of carbonyl (C=O) groups excluding carboxylic acids is 1. The maximum absolute atomic E-state index is 12.8. The van der Waals surface area contributed by atoms with Gasteiger partial charge >= 0.3 is 0 Å². The number of pyridine rings is 1. The summed E-state index contributed by atoms with van der Waals surface area (Å²) in [5.74, 6) is -0.227. The number of ether oxygens (including phenoxy) is 2. The standard InChI is InChI=1S/C19H21N5O5/c1-5-29-17-7-14(15(24(26)27)8-16(17)28-4)19(25)22-13-6-12-9-21-23(11(2)3)18(12)20-10-13/h6-11H,5H2,1-4H3,(H,22,25). The number of nitro benzene ring substituents is 1. The average molecular weight is 399 g/mol. The van der Waals surface area contributed by atoms with Gasteiger partial charge in [0.05, 0.1) is 42.8 Å². The number of fused-ring (bicyclic) bond motifs is 1. The van der Waals surface area contributed by atoms with Crippen LogP contribution < -0.4 is 14.8 Å². The smallest absolute Gasteiger partial charge is 0.286 e. The third-order valence-corrected chi connectivity index (χ3v) is 4.20. The molecule has 3 rings (SSSR count). The predicted octanol–water partition coefficient (Wildman–Crippen LogP) is 3.58. The minimum Gasteiger partial charge on any atom is -0.493 e. The highest BCUT2D eigenvalue weighted by Gasteiger charge is 2.25. The summed E-state index contributed by atoms with van der Waals surface area (Å²) in [6.45, 7) is 6.06. The number of anilines is 1. The second-order valence-corrected chi connectivity index (χ2v) is 6.48. The number of benzene rings is 1. The molecule has 0 radical (unpaired) electrons. The molecule has 0 aliphatic heterocycles. The third-order valence-electron chi connectivity index (χ3n) is 4.20. The molecule has 0 saturated heterocycles. The molecule has 1 N–H and O–H groups in total. The number of nitrogens with one attached hydrogen (secondary N) is 1. The van der Waals surface area contributed by atoms with Gasteiger partial charge in [0, 0.05) is 17.5 Å². The fraction of sp³-hybridized carbons (Fsp3) is 0.316. The van der Waals surface area contributed by atoms with E-state index < -0.39 is 10.8 Å². The van der Waals surface area contributed by atoms with Crippen LogP contribution >= 0.6 is 0 Å². The third kappa shape index (κ3) is 3.96. The zero-order valence-corrected chi connectivity index (χ0v) is 16.5. The molecule has 2 aromatic heterocycles. The first-order valence-electron chi connectivity index (χ1n) is 8.99. The topological polar surface area (TPSA) is 121 Å². The van der Waals surface area contributed by atoms with Gasteiger partial charge in [-0.25, -0.2) is 9.67 Å². The number of aromatic nitrogens is 3. The zero-order valence-electron chi connectivity index (χ0n) is 16.5. The maximum Gasteiger partial charge on any atom is 0.286 e. The zero-order chi connectivity index (χ0) is 21.1. The van der Waals surface area contributed by atoms with Crippen LogP contribution in [-0.2, 0) is 0 Å². The van der Waals surface area contributed by atoms with E-state index in [0.29, 0.717) is 17.9 Å². The van der Waals surface area contributed by atoms with Crippen molar-refractivity contribution >= 4 is 28.3 Å². The summed E-state index contributed by atoms with van der Waals surface area (Å²) in [6.07, 6.45) is 3.14. The Kier molecular flexibility index (Phi) is 5.62. The van der Waals surface area contributed by atoms with E-state index in [1.165, 1.54) is 25.4 Å². The highest BCUT2D eigenvalue weighted by Crippen LogP contribution is 2.35. The molecule has 29 heavy (non-hydrogen) atoms. The van der Waals surface area contributed by atoms with E-state index in [2.05, 4.69) is 15.4 Å². The second kappa shape index (κ2) is 8.13. The monoisotopic (exact) mass is 399 g/mol. The van der Waals surface area contributed by atoms with Gasteiger partial charge in [-0.3, -0.25) is 14.9 Å². The summed E-state index contributed by atoms with van der Waals surface area (Å²) in [6, 6.07) is 4.33. The molecule has 2 heterocycles. The number of nitro groups is 1. The second-order valence-electron chi connectivity index (χ2n) is 6.48. The van der Waals surface area contributed by atoms with E-state index >= 15 is 0 Å². The van der Waals surface area contributed by atoms with Crippen LogP contribution in [0.3, 0.4) is 0 Å². The SMILES string of the molecule is CCOc1cc(C(=O)Nc2cnc3c(cnn3C(C)C)c2)c([N+](=O)[O-])cc1OC. The van der Waals surface area contributed by atoms with E-state index in [0.717, 1.165) is 5.39 Å². The lowest BCUT2D eigenvalue weighted by Gasteiger charge is -2.12. The lowest BCUT2D eigenvalue weighted by Crippen LogP contribution is -2.15. The van der Waals surface area contributed by atoms with Crippen LogP contribution in [0.1, 0.15) is 37.2 Å². The quantitative estimate of drug-likeness (QED) is 0.476. The van der Waals surface area contributed by atoms with Gasteiger partial charge in [0.1, 0.15) is 5.56 Å². The lowest BCUT2D eigenvalue weighted by atomic mass is 10.1. The molecule has 0 spiro atoms. The highest BCUT2D eigenvalue weighted by molar-refractivity contribution is 6.08. The van der Waals surface area contributed by atoms with E-state index in [4.69, 9.17) is 9.47 Å². The normalized spacial score (nSPS) is 10.9. The Morgan fingerprint density at radius 3 is 2.66 bits per heavy atom. The average Bonchev–Trinajstić information content (AvgIpc) is 3.11. The molecule has 0 fully saturated rings. The summed E-state index contributed by atoms with van der Waals surface area (Å²) in [5.41, 5.74) is 0.558. The molecule has 10 heteroatoms. The first-order chi connectivity index (χ1) is 13.8. The van der Waals surface area contributed by atoms with E-state index in [-0.39, 0.29) is 28.8 Å². The fourth-order valence-electron chi connectivity index (χ4n) is 2.89. The molecule has 0 saturated carbocycles. The molecule has 152 valence electrons. The molecule has 1 aromatic carbocycles. The van der Waals surface area contributed by atoms with Crippen molar-refractivity contribution in [1.82, 2.24) is 14.8 Å². The Morgan fingerprint density at radius 1 is 1.28 bits per heavy atom. The van der Waals surface area contributed by atoms with Crippen molar-refractivity contribution in [3.05, 3.63) is 46.3 Å². The Labute approximate surface area is 166 Å². The molecule has 0 bridgehead atoms. The summed E-state index contributed by atoms with van der Waals surface area (Å²) >= 11 is 0. The number of hydrogen-bond acceptors (Lipinski definition) is 7. The van der Waals surface area contributed by atoms with Gasteiger partial charge in [0.15, 0.2) is 17.1 Å². The largest absolute Gasteiger partial charge is 0.493 e. The molecule has 1 amide bonds. The molecule has 3 aromatic rings. The van der Waals surface area contributed by atoms with Crippen molar-refractivity contribution in [2.45, 2.75) is 26.8 Å². The number of nitrogens with zero attached hydrogens (tertiary/aromatic N) is 4. The minimum atomic E-state index is -0.655. The number of rotatable bonds is 7. The van der Waals surface area contributed by atoms with Crippen LogP contribution in [0.5, 0.6) is 11.5 Å². The molecule has 0 atom stereocenters. The first kappa shape index (κ1) is 20.1. The molecule has 0 aliphatic carbocycles. The maximum atomic E-state index is 12.8. The Hall–Kier alpha value is -3.69. The Bertz CT molecular complexity index is 1080. The first-order valence-corrected chi connectivity index (χ1v) is 8.99. The van der Waals surface area contributed by atoms with Crippen molar-refractivity contribution in [2.24, 2.45) is 0 Å². The van der Waals surface area contributed by atoms with Crippen LogP contribution in [0.15, 0.2) is 30.6 Å². The summed E-state index contributed by atoms with van der Waals surface area (Å²) in [4.78, 5) is 28.0. The van der Waals surface area contributed by atoms with Crippen LogP contribution in [0.2, 0.25) is 0 Å². The van der Waals surface area contributed by atoms with E-state index in [1.54, 1.807) is 23.9 Å². The van der Waals surface area contributed by atoms with Gasteiger partial charge in [-0.2, -0.15) is 5.10 Å². The van der Waals surface area contributed by atoms with Gasteiger partial charge in [-0.1, -0.05) is 0 Å². The summed E-state index contributed by atoms with van der Waals surface area (Å²) in [7, 11) is 1.37. The molecule has 0 unspecified atom stereocenters. The minimum absolute atomic E-state index is 0.138. The van der Waals surface area contributed by atoms with Gasteiger partial charge in [-0.05, 0) is 26.8 Å². The van der Waals surface area contributed by atoms with E-state index in [1.807, 2.05) is 13.8 Å². The number of hydrogen-bond donors (Lipinski definition) is 1. The summed E-state index contributed by atoms with van der Waals surface area (Å²) < 4.78 is 12.3. The number of methoxy groups -OCH3 is 1. The van der Waals surface area contributed by atoms with Gasteiger partial charge in [-0.15, -0.1) is 0 Å². The van der Waals surface area contributed by atoms with E-state index in [9.17, 15) is 14.9 Å². The molecular weight excluding hydrogens is 378 g/mol. The van der Waals surface area contributed by atoms with Gasteiger partial charge in [0.2, 0.25) is 0 Å². The van der Waals surface area contributed by atoms with Crippen molar-refractivity contribution in [3.8, 4) is 11.5 Å². The van der Waals surface area contributed by atoms with Gasteiger partial charge < -0.3 is 14.8 Å². The van der Waals surface area contributed by atoms with Crippen molar-refractivity contribution in [3.63, 3.8) is 0 Å². The van der Waals surface area contributed by atoms with Crippen molar-refractivity contribution in [1.29, 1.82) is 0 Å². The predicted molar refractivity (Wildman–Crippen MR) is 107 cm³/mol. The Balaban J connectivity index is 1.96. The lowest BCUT2D eigenvalue weighted by molar-refractivity contribution is -0.385. The fourth-order valence-corrected chi connectivity index (χ4v) is 2.89. The highest BCUT2D eigenvalue weighted by atomic mass is 16.6. The molecular formula is C19H21N5O5. The number of carbonyl (C=O) groups is 1.